The Morgan fingerprint density at radius 3 is 2.41 bits per heavy atom. The first kappa shape index (κ1) is 19.3. The summed E-state index contributed by atoms with van der Waals surface area (Å²) in [5, 5.41) is 12.7. The van der Waals surface area contributed by atoms with Crippen molar-refractivity contribution in [1.29, 1.82) is 5.26 Å². The van der Waals surface area contributed by atoms with Gasteiger partial charge in [-0.05, 0) is 62.9 Å². The predicted octanol–water partition coefficient (Wildman–Crippen LogP) is 4.70. The van der Waals surface area contributed by atoms with Crippen molar-refractivity contribution in [2.75, 3.05) is 11.9 Å². The van der Waals surface area contributed by atoms with E-state index in [1.807, 2.05) is 43.3 Å². The Morgan fingerprint density at radius 1 is 1.15 bits per heavy atom. The topological polar surface area (TPSA) is 56.1 Å². The molecule has 1 fully saturated rings. The Kier molecular flexibility index (Phi) is 6.03. The molecule has 0 bridgehead atoms. The number of aryl methyl sites for hydroxylation is 1. The van der Waals surface area contributed by atoms with Crippen LogP contribution in [0.5, 0.6) is 0 Å². The molecule has 0 unspecified atom stereocenters. The minimum atomic E-state index is 0.00526. The van der Waals surface area contributed by atoms with Crippen LogP contribution in [0.3, 0.4) is 0 Å². The highest BCUT2D eigenvalue weighted by molar-refractivity contribution is 6.32. The first-order valence-corrected chi connectivity index (χ1v) is 9.65. The normalized spacial score (nSPS) is 19.2. The lowest BCUT2D eigenvalue weighted by atomic mass is 9.90. The van der Waals surface area contributed by atoms with Gasteiger partial charge >= 0.3 is 0 Å². The summed E-state index contributed by atoms with van der Waals surface area (Å²) in [6, 6.07) is 15.9. The summed E-state index contributed by atoms with van der Waals surface area (Å²) in [7, 11) is 2.06. The van der Waals surface area contributed by atoms with Crippen molar-refractivity contribution in [3.63, 3.8) is 0 Å². The summed E-state index contributed by atoms with van der Waals surface area (Å²) >= 11 is 6.16. The summed E-state index contributed by atoms with van der Waals surface area (Å²) in [6.07, 6.45) is 3.92. The lowest BCUT2D eigenvalue weighted by Gasteiger charge is -2.36. The second kappa shape index (κ2) is 8.45. The van der Waals surface area contributed by atoms with Gasteiger partial charge in [-0.25, -0.2) is 0 Å². The molecule has 1 saturated carbocycles. The summed E-state index contributed by atoms with van der Waals surface area (Å²) < 4.78 is 0. The molecule has 1 amide bonds. The fourth-order valence-electron chi connectivity index (χ4n) is 3.61. The van der Waals surface area contributed by atoms with Crippen molar-refractivity contribution in [3.8, 4) is 6.07 Å². The van der Waals surface area contributed by atoms with Gasteiger partial charge in [0.15, 0.2) is 0 Å². The number of anilines is 1. The van der Waals surface area contributed by atoms with E-state index in [0.717, 1.165) is 36.9 Å². The molecule has 1 aliphatic rings. The van der Waals surface area contributed by atoms with Gasteiger partial charge in [-0.1, -0.05) is 29.3 Å². The Morgan fingerprint density at radius 2 is 1.81 bits per heavy atom. The van der Waals surface area contributed by atoms with E-state index in [9.17, 15) is 4.79 Å². The molecule has 0 radical (unpaired) electrons. The third-order valence-electron chi connectivity index (χ3n) is 5.37. The lowest BCUT2D eigenvalue weighted by Crippen LogP contribution is -2.42. The SMILES string of the molecule is Cc1ccc(C(=O)NC2CCC(N(C)c3ccc(C#N)c(Cl)c3)CC2)cc1. The summed E-state index contributed by atoms with van der Waals surface area (Å²) in [4.78, 5) is 14.6. The quantitative estimate of drug-likeness (QED) is 0.835. The zero-order valence-corrected chi connectivity index (χ0v) is 16.5. The zero-order valence-electron chi connectivity index (χ0n) is 15.7. The van der Waals surface area contributed by atoms with Crippen molar-refractivity contribution in [1.82, 2.24) is 5.32 Å². The summed E-state index contributed by atoms with van der Waals surface area (Å²) in [5.74, 6) is 0.00526. The average molecular weight is 382 g/mol. The second-order valence-electron chi connectivity index (χ2n) is 7.23. The largest absolute Gasteiger partial charge is 0.372 e. The smallest absolute Gasteiger partial charge is 0.251 e. The Hall–Kier alpha value is -2.51. The van der Waals surface area contributed by atoms with Crippen LogP contribution >= 0.6 is 11.6 Å². The molecule has 4 nitrogen and oxygen atoms in total. The van der Waals surface area contributed by atoms with Gasteiger partial charge in [0.25, 0.3) is 5.91 Å². The number of nitriles is 1. The fraction of sp³-hybridized carbons (Fsp3) is 0.364. The van der Waals surface area contributed by atoms with Gasteiger partial charge in [0.2, 0.25) is 0 Å². The summed E-state index contributed by atoms with van der Waals surface area (Å²) in [5.41, 5.74) is 3.38. The standard InChI is InChI=1S/C22H24ClN3O/c1-15-3-5-16(6-4-15)22(27)25-18-8-11-19(12-9-18)26(2)20-10-7-17(14-24)21(23)13-20/h3-7,10,13,18-19H,8-9,11-12H2,1-2H3,(H,25,27). The van der Waals surface area contributed by atoms with Gasteiger partial charge in [0, 0.05) is 30.4 Å². The van der Waals surface area contributed by atoms with Crippen molar-refractivity contribution in [2.24, 2.45) is 0 Å². The van der Waals surface area contributed by atoms with E-state index in [1.165, 1.54) is 0 Å². The number of carbonyl (C=O) groups is 1. The van der Waals surface area contributed by atoms with Crippen LogP contribution < -0.4 is 10.2 Å². The number of halogens is 1. The average Bonchev–Trinajstić information content (AvgIpc) is 2.68. The van der Waals surface area contributed by atoms with Gasteiger partial charge < -0.3 is 10.2 Å². The van der Waals surface area contributed by atoms with Crippen LogP contribution in [0, 0.1) is 18.3 Å². The highest BCUT2D eigenvalue weighted by atomic mass is 35.5. The van der Waals surface area contributed by atoms with Crippen molar-refractivity contribution in [3.05, 3.63) is 64.2 Å². The number of hydrogen-bond donors (Lipinski definition) is 1. The van der Waals surface area contributed by atoms with Gasteiger partial charge in [-0.2, -0.15) is 5.26 Å². The molecule has 0 atom stereocenters. The number of benzene rings is 2. The minimum Gasteiger partial charge on any atom is -0.372 e. The third-order valence-corrected chi connectivity index (χ3v) is 5.69. The van der Waals surface area contributed by atoms with Crippen molar-refractivity contribution >= 4 is 23.2 Å². The predicted molar refractivity (Wildman–Crippen MR) is 109 cm³/mol. The Labute approximate surface area is 165 Å². The summed E-state index contributed by atoms with van der Waals surface area (Å²) in [6.45, 7) is 2.01. The molecule has 2 aromatic carbocycles. The number of hydrogen-bond acceptors (Lipinski definition) is 3. The fourth-order valence-corrected chi connectivity index (χ4v) is 3.82. The van der Waals surface area contributed by atoms with E-state index in [0.29, 0.717) is 22.2 Å². The van der Waals surface area contributed by atoms with Gasteiger partial charge in [-0.3, -0.25) is 4.79 Å². The molecule has 2 aromatic rings. The molecule has 5 heteroatoms. The van der Waals surface area contributed by atoms with Crippen molar-refractivity contribution < 1.29 is 4.79 Å². The number of nitrogens with zero attached hydrogens (tertiary/aromatic N) is 2. The van der Waals surface area contributed by atoms with E-state index >= 15 is 0 Å². The van der Waals surface area contributed by atoms with Gasteiger partial charge in [0.05, 0.1) is 10.6 Å². The highest BCUT2D eigenvalue weighted by Gasteiger charge is 2.25. The van der Waals surface area contributed by atoms with Crippen LogP contribution in [0.4, 0.5) is 5.69 Å². The molecule has 140 valence electrons. The first-order chi connectivity index (χ1) is 13.0. The van der Waals surface area contributed by atoms with Gasteiger partial charge in [-0.15, -0.1) is 0 Å². The molecule has 0 heterocycles. The van der Waals surface area contributed by atoms with Crippen LogP contribution in [0.25, 0.3) is 0 Å². The molecule has 0 aromatic heterocycles. The molecule has 0 saturated heterocycles. The van der Waals surface area contributed by atoms with Crippen LogP contribution in [0.15, 0.2) is 42.5 Å². The maximum atomic E-state index is 12.4. The molecule has 3 rings (SSSR count). The minimum absolute atomic E-state index is 0.00526. The van der Waals surface area contributed by atoms with E-state index in [1.54, 1.807) is 6.07 Å². The molecule has 1 N–H and O–H groups in total. The van der Waals surface area contributed by atoms with E-state index in [-0.39, 0.29) is 11.9 Å². The van der Waals surface area contributed by atoms with Crippen LogP contribution in [-0.2, 0) is 0 Å². The van der Waals surface area contributed by atoms with Crippen LogP contribution in [-0.4, -0.2) is 25.0 Å². The number of carbonyl (C=O) groups excluding carboxylic acids is 1. The van der Waals surface area contributed by atoms with Crippen molar-refractivity contribution in [2.45, 2.75) is 44.7 Å². The molecule has 0 aliphatic heterocycles. The van der Waals surface area contributed by atoms with E-state index in [4.69, 9.17) is 16.9 Å². The molecule has 0 spiro atoms. The molecular weight excluding hydrogens is 358 g/mol. The second-order valence-corrected chi connectivity index (χ2v) is 7.64. The number of rotatable bonds is 4. The molecule has 27 heavy (non-hydrogen) atoms. The lowest BCUT2D eigenvalue weighted by molar-refractivity contribution is 0.0926. The number of nitrogens with one attached hydrogen (secondary N) is 1. The third kappa shape index (κ3) is 4.61. The maximum Gasteiger partial charge on any atom is 0.251 e. The van der Waals surface area contributed by atoms with Crippen LogP contribution in [0.2, 0.25) is 5.02 Å². The molecule has 1 aliphatic carbocycles. The maximum absolute atomic E-state index is 12.4. The Balaban J connectivity index is 1.55. The van der Waals surface area contributed by atoms with Gasteiger partial charge in [0.1, 0.15) is 6.07 Å². The van der Waals surface area contributed by atoms with E-state index < -0.39 is 0 Å². The molecular formula is C22H24ClN3O. The first-order valence-electron chi connectivity index (χ1n) is 9.28. The number of amides is 1. The zero-order chi connectivity index (χ0) is 19.4. The monoisotopic (exact) mass is 381 g/mol. The van der Waals surface area contributed by atoms with E-state index in [2.05, 4.69) is 23.3 Å². The Bertz CT molecular complexity index is 849. The highest BCUT2D eigenvalue weighted by Crippen LogP contribution is 2.29. The van der Waals surface area contributed by atoms with Crippen LogP contribution in [0.1, 0.15) is 47.2 Å².